The molecule has 1 heterocycles. The highest BCUT2D eigenvalue weighted by molar-refractivity contribution is 7.13. The molecule has 1 rings (SSSR count). The number of methoxy groups -OCH3 is 1. The van der Waals surface area contributed by atoms with Crippen LogP contribution in [0.4, 0.5) is 5.13 Å². The van der Waals surface area contributed by atoms with Gasteiger partial charge in [-0.2, -0.15) is 0 Å². The molecule has 108 valence electrons. The number of aromatic nitrogens is 1. The zero-order chi connectivity index (χ0) is 14.3. The second-order valence-electron chi connectivity index (χ2n) is 4.61. The molecule has 0 unspecified atom stereocenters. The van der Waals surface area contributed by atoms with Crippen molar-refractivity contribution in [3.05, 3.63) is 11.1 Å². The number of carbonyl (C=O) groups is 1. The minimum atomic E-state index is -0.243. The van der Waals surface area contributed by atoms with E-state index in [2.05, 4.69) is 40.5 Å². The van der Waals surface area contributed by atoms with E-state index in [1.165, 1.54) is 7.11 Å². The summed E-state index contributed by atoms with van der Waals surface area (Å²) in [4.78, 5) is 20.1. The summed E-state index contributed by atoms with van der Waals surface area (Å²) in [5.74, 6) is -0.243. The van der Waals surface area contributed by atoms with Gasteiger partial charge >= 0.3 is 5.97 Å². The minimum Gasteiger partial charge on any atom is -0.469 e. The van der Waals surface area contributed by atoms with Crippen LogP contribution < -0.4 is 4.90 Å². The topological polar surface area (TPSA) is 45.7 Å². The van der Waals surface area contributed by atoms with Crippen LogP contribution in [0.15, 0.2) is 5.38 Å². The number of nitrogens with zero attached hydrogens (tertiary/aromatic N) is 3. The summed E-state index contributed by atoms with van der Waals surface area (Å²) >= 11 is 1.59. The molecular formula is C13H23N3O2S. The van der Waals surface area contributed by atoms with Crippen molar-refractivity contribution in [3.8, 4) is 0 Å². The maximum Gasteiger partial charge on any atom is 0.311 e. The van der Waals surface area contributed by atoms with E-state index in [4.69, 9.17) is 0 Å². The van der Waals surface area contributed by atoms with Crippen molar-refractivity contribution < 1.29 is 9.53 Å². The number of hydrogen-bond donors (Lipinski definition) is 0. The molecule has 0 spiro atoms. The molecule has 0 bridgehead atoms. The molecule has 0 aliphatic rings. The van der Waals surface area contributed by atoms with Crippen LogP contribution in [0.25, 0.3) is 0 Å². The average Bonchev–Trinajstić information content (AvgIpc) is 2.82. The average molecular weight is 285 g/mol. The van der Waals surface area contributed by atoms with Crippen molar-refractivity contribution in [1.29, 1.82) is 0 Å². The molecular weight excluding hydrogens is 262 g/mol. The molecule has 0 aliphatic heterocycles. The number of anilines is 1. The third-order valence-electron chi connectivity index (χ3n) is 2.78. The van der Waals surface area contributed by atoms with E-state index < -0.39 is 0 Å². The lowest BCUT2D eigenvalue weighted by molar-refractivity contribution is -0.139. The molecule has 0 aliphatic carbocycles. The Balaban J connectivity index is 2.54. The van der Waals surface area contributed by atoms with Gasteiger partial charge in [0.05, 0.1) is 19.2 Å². The van der Waals surface area contributed by atoms with Gasteiger partial charge in [-0.3, -0.25) is 4.79 Å². The van der Waals surface area contributed by atoms with E-state index in [0.717, 1.165) is 36.9 Å². The van der Waals surface area contributed by atoms with Gasteiger partial charge in [0, 0.05) is 18.5 Å². The smallest absolute Gasteiger partial charge is 0.311 e. The summed E-state index contributed by atoms with van der Waals surface area (Å²) < 4.78 is 4.65. The van der Waals surface area contributed by atoms with Crippen LogP contribution in [0.2, 0.25) is 0 Å². The molecule has 0 amide bonds. The Morgan fingerprint density at radius 2 is 2.16 bits per heavy atom. The second-order valence-corrected chi connectivity index (χ2v) is 5.45. The van der Waals surface area contributed by atoms with Gasteiger partial charge in [-0.1, -0.05) is 0 Å². The molecule has 1 aromatic rings. The minimum absolute atomic E-state index is 0.243. The summed E-state index contributed by atoms with van der Waals surface area (Å²) in [5, 5.41) is 2.92. The van der Waals surface area contributed by atoms with Gasteiger partial charge in [-0.05, 0) is 34.0 Å². The van der Waals surface area contributed by atoms with E-state index in [9.17, 15) is 4.79 Å². The van der Waals surface area contributed by atoms with Crippen molar-refractivity contribution in [2.75, 3.05) is 45.7 Å². The summed E-state index contributed by atoms with van der Waals surface area (Å²) in [6, 6.07) is 0. The van der Waals surface area contributed by atoms with Crippen molar-refractivity contribution in [1.82, 2.24) is 9.88 Å². The summed E-state index contributed by atoms with van der Waals surface area (Å²) in [6.07, 6.45) is 1.36. The molecule has 6 heteroatoms. The van der Waals surface area contributed by atoms with Gasteiger partial charge < -0.3 is 14.5 Å². The Morgan fingerprint density at radius 1 is 1.42 bits per heavy atom. The van der Waals surface area contributed by atoms with Crippen molar-refractivity contribution in [3.63, 3.8) is 0 Å². The predicted molar refractivity (Wildman–Crippen MR) is 78.9 cm³/mol. The van der Waals surface area contributed by atoms with E-state index in [1.54, 1.807) is 11.3 Å². The first-order valence-electron chi connectivity index (χ1n) is 6.47. The third-order valence-corrected chi connectivity index (χ3v) is 3.73. The van der Waals surface area contributed by atoms with Crippen LogP contribution >= 0.6 is 11.3 Å². The monoisotopic (exact) mass is 285 g/mol. The van der Waals surface area contributed by atoms with Crippen molar-refractivity contribution >= 4 is 22.4 Å². The number of rotatable bonds is 8. The van der Waals surface area contributed by atoms with Gasteiger partial charge in [0.15, 0.2) is 5.13 Å². The molecule has 0 aromatic carbocycles. The van der Waals surface area contributed by atoms with Crippen LogP contribution in [-0.4, -0.2) is 56.7 Å². The zero-order valence-electron chi connectivity index (χ0n) is 12.2. The number of thiazole rings is 1. The van der Waals surface area contributed by atoms with Crippen LogP contribution in [0.3, 0.4) is 0 Å². The summed E-state index contributed by atoms with van der Waals surface area (Å²) in [7, 11) is 5.55. The molecule has 0 saturated heterocycles. The molecule has 0 fully saturated rings. The maximum absolute atomic E-state index is 11.2. The Bertz CT molecular complexity index is 393. The first kappa shape index (κ1) is 15.9. The van der Waals surface area contributed by atoms with Gasteiger partial charge in [-0.25, -0.2) is 4.98 Å². The molecule has 1 aromatic heterocycles. The Hall–Kier alpha value is -1.14. The van der Waals surface area contributed by atoms with Crippen molar-refractivity contribution in [2.45, 2.75) is 19.8 Å². The first-order valence-corrected chi connectivity index (χ1v) is 7.35. The fourth-order valence-corrected chi connectivity index (χ4v) is 2.63. The molecule has 0 saturated carbocycles. The molecule has 19 heavy (non-hydrogen) atoms. The van der Waals surface area contributed by atoms with Gasteiger partial charge in [-0.15, -0.1) is 11.3 Å². The Morgan fingerprint density at radius 3 is 2.74 bits per heavy atom. The Kier molecular flexibility index (Phi) is 6.80. The number of esters is 1. The molecule has 0 atom stereocenters. The molecule has 0 radical (unpaired) electrons. The normalized spacial score (nSPS) is 10.8. The lowest BCUT2D eigenvalue weighted by Gasteiger charge is -2.20. The second kappa shape index (κ2) is 8.12. The highest BCUT2D eigenvalue weighted by Gasteiger charge is 2.12. The van der Waals surface area contributed by atoms with Gasteiger partial charge in [0.25, 0.3) is 0 Å². The standard InChI is InChI=1S/C13H23N3O2S/c1-5-16(8-6-7-15(2)3)13-14-11(10-19-13)9-12(17)18-4/h10H,5-9H2,1-4H3. The van der Waals surface area contributed by atoms with Gasteiger partial charge in [0.2, 0.25) is 0 Å². The van der Waals surface area contributed by atoms with Crippen molar-refractivity contribution in [2.24, 2.45) is 0 Å². The zero-order valence-corrected chi connectivity index (χ0v) is 13.0. The van der Waals surface area contributed by atoms with E-state index in [0.29, 0.717) is 0 Å². The lowest BCUT2D eigenvalue weighted by Crippen LogP contribution is -2.26. The Labute approximate surface area is 119 Å². The van der Waals surface area contributed by atoms with Crippen LogP contribution in [0.5, 0.6) is 0 Å². The number of hydrogen-bond acceptors (Lipinski definition) is 6. The number of carbonyl (C=O) groups excluding carboxylic acids is 1. The predicted octanol–water partition coefficient (Wildman–Crippen LogP) is 1.64. The first-order chi connectivity index (χ1) is 9.06. The van der Waals surface area contributed by atoms with Crippen LogP contribution in [-0.2, 0) is 16.0 Å². The van der Waals surface area contributed by atoms with E-state index in [1.807, 2.05) is 5.38 Å². The fraction of sp³-hybridized carbons (Fsp3) is 0.692. The highest BCUT2D eigenvalue weighted by Crippen LogP contribution is 2.21. The highest BCUT2D eigenvalue weighted by atomic mass is 32.1. The summed E-state index contributed by atoms with van der Waals surface area (Å²) in [5.41, 5.74) is 0.790. The third kappa shape index (κ3) is 5.57. The van der Waals surface area contributed by atoms with E-state index >= 15 is 0 Å². The van der Waals surface area contributed by atoms with Crippen LogP contribution in [0, 0.1) is 0 Å². The SMILES string of the molecule is CCN(CCCN(C)C)c1nc(CC(=O)OC)cs1. The quantitative estimate of drug-likeness (QED) is 0.679. The lowest BCUT2D eigenvalue weighted by atomic mass is 10.3. The largest absolute Gasteiger partial charge is 0.469 e. The summed E-state index contributed by atoms with van der Waals surface area (Å²) in [6.45, 7) is 5.10. The van der Waals surface area contributed by atoms with Crippen LogP contribution in [0.1, 0.15) is 19.0 Å². The van der Waals surface area contributed by atoms with E-state index in [-0.39, 0.29) is 12.4 Å². The molecule has 0 N–H and O–H groups in total. The van der Waals surface area contributed by atoms with Gasteiger partial charge in [0.1, 0.15) is 0 Å². The number of ether oxygens (including phenoxy) is 1. The maximum atomic E-state index is 11.2. The fourth-order valence-electron chi connectivity index (χ4n) is 1.71. The molecule has 5 nitrogen and oxygen atoms in total.